The smallest absolute Gasteiger partial charge is 0.316 e. The van der Waals surface area contributed by atoms with Gasteiger partial charge in [0.2, 0.25) is 0 Å². The number of benzene rings is 1. The minimum Gasteiger partial charge on any atom is -0.462 e. The maximum Gasteiger partial charge on any atom is 0.316 e. The lowest BCUT2D eigenvalue weighted by atomic mass is 9.71. The molecule has 3 saturated heterocycles. The van der Waals surface area contributed by atoms with Gasteiger partial charge in [0, 0.05) is 25.2 Å². The number of ether oxygens (including phenoxy) is 5. The molecule has 5 aliphatic rings. The van der Waals surface area contributed by atoms with Crippen LogP contribution >= 0.6 is 0 Å². The van der Waals surface area contributed by atoms with Crippen molar-refractivity contribution in [2.75, 3.05) is 13.2 Å². The molecule has 1 aromatic carbocycles. The van der Waals surface area contributed by atoms with Gasteiger partial charge in [-0.1, -0.05) is 81.5 Å². The second-order valence-electron chi connectivity index (χ2n) is 14.8. The lowest BCUT2D eigenvalue weighted by Crippen LogP contribution is -2.58. The Hall–Kier alpha value is -2.59. The van der Waals surface area contributed by atoms with Gasteiger partial charge in [0.05, 0.1) is 31.5 Å². The van der Waals surface area contributed by atoms with Gasteiger partial charge >= 0.3 is 5.97 Å². The number of aliphatic hydroxyl groups is 2. The highest BCUT2D eigenvalue weighted by atomic mass is 16.7. The van der Waals surface area contributed by atoms with Gasteiger partial charge in [-0.3, -0.25) is 4.79 Å². The predicted molar refractivity (Wildman–Crippen MR) is 183 cm³/mol. The van der Waals surface area contributed by atoms with Crippen LogP contribution < -0.4 is 0 Å². The molecule has 1 aliphatic carbocycles. The highest BCUT2D eigenvalue weighted by Gasteiger charge is 2.60. The number of carbonyl (C=O) groups is 1. The first-order chi connectivity index (χ1) is 23.0. The lowest BCUT2D eigenvalue weighted by Gasteiger charge is -2.50. The fourth-order valence-electron chi connectivity index (χ4n) is 8.40. The second-order valence-corrected chi connectivity index (χ2v) is 14.8. The van der Waals surface area contributed by atoms with Crippen LogP contribution in [-0.2, 0) is 34.9 Å². The number of esters is 1. The molecule has 0 unspecified atom stereocenters. The quantitative estimate of drug-likeness (QED) is 0.286. The molecule has 0 amide bonds. The van der Waals surface area contributed by atoms with Crippen molar-refractivity contribution >= 4 is 5.97 Å². The van der Waals surface area contributed by atoms with Crippen LogP contribution in [0.2, 0.25) is 0 Å². The van der Waals surface area contributed by atoms with Gasteiger partial charge in [-0.25, -0.2) is 0 Å². The van der Waals surface area contributed by atoms with Crippen LogP contribution in [0.4, 0.5) is 0 Å². The Morgan fingerprint density at radius 2 is 1.85 bits per heavy atom. The zero-order chi connectivity index (χ0) is 34.1. The van der Waals surface area contributed by atoms with E-state index >= 15 is 0 Å². The van der Waals surface area contributed by atoms with E-state index in [9.17, 15) is 15.0 Å². The highest BCUT2D eigenvalue weighted by Crippen LogP contribution is 2.47. The molecule has 11 atom stereocenters. The average molecular weight is 663 g/mol. The molecule has 3 fully saturated rings. The van der Waals surface area contributed by atoms with E-state index in [0.717, 1.165) is 31.3 Å². The largest absolute Gasteiger partial charge is 0.462 e. The molecule has 8 nitrogen and oxygen atoms in total. The molecule has 262 valence electrons. The molecule has 0 saturated carbocycles. The van der Waals surface area contributed by atoms with Gasteiger partial charge in [0.1, 0.15) is 29.8 Å². The first-order valence-electron chi connectivity index (χ1n) is 18.0. The summed E-state index contributed by atoms with van der Waals surface area (Å²) >= 11 is 0. The monoisotopic (exact) mass is 662 g/mol. The minimum absolute atomic E-state index is 0.00855. The van der Waals surface area contributed by atoms with Crippen LogP contribution in [0.15, 0.2) is 77.4 Å². The van der Waals surface area contributed by atoms with Crippen LogP contribution in [0, 0.1) is 17.8 Å². The third-order valence-electron chi connectivity index (χ3n) is 11.3. The fourth-order valence-corrected chi connectivity index (χ4v) is 8.40. The molecule has 4 aliphatic heterocycles. The molecule has 0 radical (unpaired) electrons. The molecule has 8 heteroatoms. The Morgan fingerprint density at radius 1 is 1.06 bits per heavy atom. The number of rotatable bonds is 5. The summed E-state index contributed by atoms with van der Waals surface area (Å²) in [5, 5.41) is 23.3. The minimum atomic E-state index is -1.74. The molecule has 2 N–H and O–H groups in total. The summed E-state index contributed by atoms with van der Waals surface area (Å²) in [6.07, 6.45) is 11.8. The van der Waals surface area contributed by atoms with Gasteiger partial charge in [-0.15, -0.1) is 0 Å². The SMILES string of the molecule is CC[C@H]1O[C@]2(CC[C@@H]1C)C[C@@H]1C[C@@H](C/C=C(\C)[C@H](OCCc3ccccc3)[C@@H](C)/C=C/C=C3\CO[C@@H]4[C@H](O)C(C)=C[C@@H](C(=O)O1)[C@]34O)O2. The van der Waals surface area contributed by atoms with Crippen molar-refractivity contribution in [3.63, 3.8) is 0 Å². The van der Waals surface area contributed by atoms with Crippen LogP contribution in [0.1, 0.15) is 78.7 Å². The van der Waals surface area contributed by atoms with E-state index < -0.39 is 41.6 Å². The summed E-state index contributed by atoms with van der Waals surface area (Å²) in [4.78, 5) is 14.1. The maximum absolute atomic E-state index is 14.1. The third-order valence-corrected chi connectivity index (χ3v) is 11.3. The Labute approximate surface area is 285 Å². The second kappa shape index (κ2) is 14.7. The van der Waals surface area contributed by atoms with E-state index in [0.29, 0.717) is 42.9 Å². The summed E-state index contributed by atoms with van der Waals surface area (Å²) in [7, 11) is 0. The molecule has 6 rings (SSSR count). The number of aliphatic hydroxyl groups excluding tert-OH is 1. The normalized spacial score (nSPS) is 43.3. The van der Waals surface area contributed by atoms with Crippen LogP contribution in [0.5, 0.6) is 0 Å². The molecule has 1 aromatic rings. The standard InChI is InChI=1S/C40H54O8/c1-6-34-25(2)17-19-39(48-34)23-32-22-31(47-39)16-15-27(4)36(44-20-18-29-12-8-7-9-13-29)26(3)11-10-14-30-24-45-37-35(41)28(5)21-33(38(42)46-32)40(30,37)43/h7-15,21,25-26,31-37,41,43H,6,16-20,22-24H2,1-5H3/b11-10+,27-15+,30-14+/t25-,26-,31+,32-,33-,34+,35+,36+,37+,39+,40+/m0/s1. The number of hydrogen-bond donors (Lipinski definition) is 2. The summed E-state index contributed by atoms with van der Waals surface area (Å²) < 4.78 is 32.4. The number of fused-ring (bicyclic) bond motifs is 2. The third kappa shape index (κ3) is 7.16. The van der Waals surface area contributed by atoms with Gasteiger partial charge in [-0.05, 0) is 67.7 Å². The van der Waals surface area contributed by atoms with E-state index in [-0.39, 0.29) is 30.8 Å². The summed E-state index contributed by atoms with van der Waals surface area (Å²) in [6.45, 7) is 11.0. The zero-order valence-corrected chi connectivity index (χ0v) is 29.2. The highest BCUT2D eigenvalue weighted by molar-refractivity contribution is 5.78. The van der Waals surface area contributed by atoms with Crippen molar-refractivity contribution in [2.24, 2.45) is 17.8 Å². The molecule has 1 spiro atoms. The lowest BCUT2D eigenvalue weighted by molar-refractivity contribution is -0.335. The zero-order valence-electron chi connectivity index (χ0n) is 29.2. The molecule has 2 bridgehead atoms. The Balaban J connectivity index is 1.35. The van der Waals surface area contributed by atoms with Gasteiger partial charge in [0.15, 0.2) is 5.79 Å². The first kappa shape index (κ1) is 35.2. The van der Waals surface area contributed by atoms with Crippen LogP contribution in [0.25, 0.3) is 0 Å². The average Bonchev–Trinajstić information content (AvgIpc) is 3.41. The number of allylic oxidation sites excluding steroid dienone is 2. The van der Waals surface area contributed by atoms with E-state index in [1.54, 1.807) is 13.0 Å². The van der Waals surface area contributed by atoms with Crippen LogP contribution in [-0.4, -0.2) is 77.4 Å². The van der Waals surface area contributed by atoms with Crippen molar-refractivity contribution in [1.29, 1.82) is 0 Å². The molecule has 48 heavy (non-hydrogen) atoms. The Kier molecular flexibility index (Phi) is 10.8. The van der Waals surface area contributed by atoms with Crippen molar-refractivity contribution in [3.05, 3.63) is 83.0 Å². The molecule has 4 heterocycles. The fraction of sp³-hybridized carbons (Fsp3) is 0.625. The summed E-state index contributed by atoms with van der Waals surface area (Å²) in [5.74, 6) is -1.96. The molecular weight excluding hydrogens is 608 g/mol. The van der Waals surface area contributed by atoms with Crippen LogP contribution in [0.3, 0.4) is 0 Å². The summed E-state index contributed by atoms with van der Waals surface area (Å²) in [5.41, 5.74) is 1.72. The first-order valence-corrected chi connectivity index (χ1v) is 18.0. The van der Waals surface area contributed by atoms with Crippen molar-refractivity contribution < 1.29 is 38.7 Å². The molecule has 0 aromatic heterocycles. The van der Waals surface area contributed by atoms with Gasteiger partial charge in [-0.2, -0.15) is 0 Å². The maximum atomic E-state index is 14.1. The van der Waals surface area contributed by atoms with Crippen molar-refractivity contribution in [2.45, 2.75) is 128 Å². The van der Waals surface area contributed by atoms with Crippen molar-refractivity contribution in [1.82, 2.24) is 0 Å². The van der Waals surface area contributed by atoms with Gasteiger partial charge < -0.3 is 33.9 Å². The molecular formula is C40H54O8. The van der Waals surface area contributed by atoms with E-state index in [1.807, 2.05) is 30.4 Å². The Morgan fingerprint density at radius 3 is 2.62 bits per heavy atom. The van der Waals surface area contributed by atoms with Gasteiger partial charge in [0.25, 0.3) is 0 Å². The summed E-state index contributed by atoms with van der Waals surface area (Å²) in [6, 6.07) is 10.3. The van der Waals surface area contributed by atoms with Crippen molar-refractivity contribution in [3.8, 4) is 0 Å². The topological polar surface area (TPSA) is 104 Å². The Bertz CT molecular complexity index is 1420. The number of carbonyl (C=O) groups excluding carboxylic acids is 1. The van der Waals surface area contributed by atoms with E-state index in [2.05, 4.69) is 52.0 Å². The number of hydrogen-bond acceptors (Lipinski definition) is 8. The van der Waals surface area contributed by atoms with E-state index in [4.69, 9.17) is 23.7 Å². The predicted octanol–water partition coefficient (Wildman–Crippen LogP) is 6.16. The van der Waals surface area contributed by atoms with E-state index in [1.165, 1.54) is 5.56 Å².